The molecule has 0 aliphatic carbocycles. The van der Waals surface area contributed by atoms with E-state index in [2.05, 4.69) is 20.9 Å². The quantitative estimate of drug-likeness (QED) is 0.563. The van der Waals surface area contributed by atoms with Gasteiger partial charge in [0.25, 0.3) is 5.91 Å². The minimum atomic E-state index is -0.792. The Kier molecular flexibility index (Phi) is 5.62. The maximum absolute atomic E-state index is 12.4. The highest BCUT2D eigenvalue weighted by Crippen LogP contribution is 2.29. The molecule has 1 atom stereocenters. The normalized spacial score (nSPS) is 15.7. The van der Waals surface area contributed by atoms with Gasteiger partial charge in [0.15, 0.2) is 5.13 Å². The van der Waals surface area contributed by atoms with Gasteiger partial charge in [-0.15, -0.1) is 0 Å². The van der Waals surface area contributed by atoms with Crippen molar-refractivity contribution in [2.75, 3.05) is 17.2 Å². The molecule has 3 aromatic rings. The topological polar surface area (TPSA) is 109 Å². The molecule has 30 heavy (non-hydrogen) atoms. The Bertz CT molecular complexity index is 1130. The molecule has 2 heterocycles. The summed E-state index contributed by atoms with van der Waals surface area (Å²) in [5.74, 6) is -0.208. The van der Waals surface area contributed by atoms with E-state index in [9.17, 15) is 14.4 Å². The number of amides is 3. The average Bonchev–Trinajstić information content (AvgIpc) is 3.07. The highest BCUT2D eigenvalue weighted by atomic mass is 32.1. The molecule has 0 radical (unpaired) electrons. The van der Waals surface area contributed by atoms with Crippen molar-refractivity contribution in [3.63, 3.8) is 0 Å². The highest BCUT2D eigenvalue weighted by molar-refractivity contribution is 7.22. The molecule has 3 N–H and O–H groups in total. The average molecular weight is 424 g/mol. The Morgan fingerprint density at radius 2 is 2.07 bits per heavy atom. The predicted molar refractivity (Wildman–Crippen MR) is 115 cm³/mol. The molecule has 8 nitrogen and oxygen atoms in total. The van der Waals surface area contributed by atoms with Gasteiger partial charge in [0.05, 0.1) is 28.1 Å². The molecule has 154 valence electrons. The lowest BCUT2D eigenvalue weighted by atomic mass is 10.1. The van der Waals surface area contributed by atoms with Crippen molar-refractivity contribution in [3.05, 3.63) is 48.0 Å². The summed E-state index contributed by atoms with van der Waals surface area (Å²) in [7, 11) is 0. The van der Waals surface area contributed by atoms with Gasteiger partial charge in [-0.2, -0.15) is 0 Å². The smallest absolute Gasteiger partial charge is 0.254 e. The fourth-order valence-electron chi connectivity index (χ4n) is 3.19. The first-order valence-corrected chi connectivity index (χ1v) is 10.4. The number of benzene rings is 2. The van der Waals surface area contributed by atoms with Gasteiger partial charge in [-0.05, 0) is 43.7 Å². The summed E-state index contributed by atoms with van der Waals surface area (Å²) in [5, 5.41) is 8.66. The number of para-hydroxylation sites is 1. The van der Waals surface area contributed by atoms with Crippen LogP contribution in [0.1, 0.15) is 30.1 Å². The third-order valence-electron chi connectivity index (χ3n) is 4.63. The van der Waals surface area contributed by atoms with Crippen LogP contribution < -0.4 is 20.7 Å². The number of rotatable bonds is 6. The summed E-state index contributed by atoms with van der Waals surface area (Å²) in [5.41, 5.74) is 1.64. The van der Waals surface area contributed by atoms with E-state index in [-0.39, 0.29) is 30.6 Å². The van der Waals surface area contributed by atoms with Crippen LogP contribution in [0.15, 0.2) is 42.5 Å². The molecule has 3 amide bonds. The van der Waals surface area contributed by atoms with Crippen LogP contribution in [0, 0.1) is 0 Å². The highest BCUT2D eigenvalue weighted by Gasteiger charge is 2.27. The molecule has 0 spiro atoms. The standard InChI is InChI=1S/C21H20N4O4S/c1-2-29-12-7-8-15-17(11-12)30-21(24-15)25-18(26)10-9-16-20(28)22-14-6-4-3-5-13(14)19(27)23-16/h3-8,11,16H,2,9-10H2,1H3,(H,22,28)(H,23,27)(H,24,25,26)/t16-/m1/s1. The van der Waals surface area contributed by atoms with Crippen molar-refractivity contribution in [2.24, 2.45) is 0 Å². The van der Waals surface area contributed by atoms with Crippen LogP contribution in [-0.4, -0.2) is 35.4 Å². The summed E-state index contributed by atoms with van der Waals surface area (Å²) in [6, 6.07) is 11.6. The van der Waals surface area contributed by atoms with Gasteiger partial charge in [0, 0.05) is 6.42 Å². The van der Waals surface area contributed by atoms with E-state index < -0.39 is 6.04 Å². The van der Waals surface area contributed by atoms with Crippen molar-refractivity contribution < 1.29 is 19.1 Å². The van der Waals surface area contributed by atoms with Crippen LogP contribution in [0.3, 0.4) is 0 Å². The van der Waals surface area contributed by atoms with Gasteiger partial charge in [0.1, 0.15) is 11.8 Å². The lowest BCUT2D eigenvalue weighted by Gasteiger charge is -2.13. The van der Waals surface area contributed by atoms with E-state index in [1.165, 1.54) is 11.3 Å². The summed E-state index contributed by atoms with van der Waals surface area (Å²) in [6.45, 7) is 2.49. The first kappa shape index (κ1) is 19.8. The van der Waals surface area contributed by atoms with E-state index in [0.29, 0.717) is 23.0 Å². The van der Waals surface area contributed by atoms with Crippen molar-refractivity contribution >= 4 is 50.1 Å². The van der Waals surface area contributed by atoms with Crippen LogP contribution >= 0.6 is 11.3 Å². The number of hydrogen-bond donors (Lipinski definition) is 3. The molecule has 9 heteroatoms. The maximum atomic E-state index is 12.4. The monoisotopic (exact) mass is 424 g/mol. The van der Waals surface area contributed by atoms with E-state index in [4.69, 9.17) is 4.74 Å². The Morgan fingerprint density at radius 3 is 2.90 bits per heavy atom. The lowest BCUT2D eigenvalue weighted by Crippen LogP contribution is -2.41. The number of anilines is 2. The second-order valence-corrected chi connectivity index (χ2v) is 7.76. The Hall–Kier alpha value is -3.46. The number of aromatic nitrogens is 1. The number of thiazole rings is 1. The molecule has 0 saturated carbocycles. The molecule has 1 aliphatic heterocycles. The number of ether oxygens (including phenoxy) is 1. The zero-order valence-electron chi connectivity index (χ0n) is 16.2. The molecular formula is C21H20N4O4S. The number of carbonyl (C=O) groups is 3. The molecule has 1 aromatic heterocycles. The van der Waals surface area contributed by atoms with E-state index >= 15 is 0 Å². The van der Waals surface area contributed by atoms with Crippen LogP contribution in [0.25, 0.3) is 10.2 Å². The molecular weight excluding hydrogens is 404 g/mol. The number of carbonyl (C=O) groups excluding carboxylic acids is 3. The molecule has 1 aliphatic rings. The summed E-state index contributed by atoms with van der Waals surface area (Å²) < 4.78 is 6.39. The fraction of sp³-hybridized carbons (Fsp3) is 0.238. The van der Waals surface area contributed by atoms with Gasteiger partial charge in [-0.25, -0.2) is 4.98 Å². The van der Waals surface area contributed by atoms with Gasteiger partial charge in [-0.1, -0.05) is 23.5 Å². The van der Waals surface area contributed by atoms with E-state index in [1.807, 2.05) is 25.1 Å². The van der Waals surface area contributed by atoms with Crippen molar-refractivity contribution in [1.29, 1.82) is 0 Å². The number of nitrogens with one attached hydrogen (secondary N) is 3. The Morgan fingerprint density at radius 1 is 1.23 bits per heavy atom. The molecule has 4 rings (SSSR count). The molecule has 0 bridgehead atoms. The minimum Gasteiger partial charge on any atom is -0.494 e. The maximum Gasteiger partial charge on any atom is 0.254 e. The minimum absolute atomic E-state index is 0.0643. The number of fused-ring (bicyclic) bond motifs is 2. The van der Waals surface area contributed by atoms with Gasteiger partial charge in [0.2, 0.25) is 11.8 Å². The van der Waals surface area contributed by atoms with Gasteiger partial charge < -0.3 is 20.7 Å². The first-order chi connectivity index (χ1) is 14.5. The Labute approximate surface area is 176 Å². The predicted octanol–water partition coefficient (Wildman–Crippen LogP) is 3.16. The van der Waals surface area contributed by atoms with Crippen LogP contribution in [0.2, 0.25) is 0 Å². The zero-order chi connectivity index (χ0) is 21.1. The largest absolute Gasteiger partial charge is 0.494 e. The third-order valence-corrected chi connectivity index (χ3v) is 5.56. The SMILES string of the molecule is CCOc1ccc2nc(NC(=O)CC[C@H]3NC(=O)c4ccccc4NC3=O)sc2c1. The summed E-state index contributed by atoms with van der Waals surface area (Å²) >= 11 is 1.35. The number of nitrogens with zero attached hydrogens (tertiary/aromatic N) is 1. The first-order valence-electron chi connectivity index (χ1n) is 9.57. The number of hydrogen-bond acceptors (Lipinski definition) is 6. The van der Waals surface area contributed by atoms with Gasteiger partial charge in [-0.3, -0.25) is 14.4 Å². The lowest BCUT2D eigenvalue weighted by molar-refractivity contribution is -0.118. The fourth-order valence-corrected chi connectivity index (χ4v) is 4.10. The second-order valence-electron chi connectivity index (χ2n) is 6.73. The zero-order valence-corrected chi connectivity index (χ0v) is 17.0. The van der Waals surface area contributed by atoms with Crippen molar-refractivity contribution in [2.45, 2.75) is 25.8 Å². The van der Waals surface area contributed by atoms with Crippen LogP contribution in [-0.2, 0) is 9.59 Å². The summed E-state index contributed by atoms with van der Waals surface area (Å²) in [6.07, 6.45) is 0.242. The molecule has 2 aromatic carbocycles. The van der Waals surface area contributed by atoms with E-state index in [0.717, 1.165) is 16.0 Å². The molecule has 0 saturated heterocycles. The second kappa shape index (κ2) is 8.50. The third kappa shape index (κ3) is 4.25. The molecule has 0 fully saturated rings. The van der Waals surface area contributed by atoms with Crippen molar-refractivity contribution in [3.8, 4) is 5.75 Å². The summed E-state index contributed by atoms with van der Waals surface area (Å²) in [4.78, 5) is 41.5. The van der Waals surface area contributed by atoms with Crippen LogP contribution in [0.5, 0.6) is 5.75 Å². The van der Waals surface area contributed by atoms with E-state index in [1.54, 1.807) is 24.3 Å². The van der Waals surface area contributed by atoms with Crippen molar-refractivity contribution in [1.82, 2.24) is 10.3 Å². The van der Waals surface area contributed by atoms with Gasteiger partial charge >= 0.3 is 0 Å². The Balaban J connectivity index is 1.37. The molecule has 0 unspecified atom stereocenters. The van der Waals surface area contributed by atoms with Crippen LogP contribution in [0.4, 0.5) is 10.8 Å².